The molecule has 2 nitrogen and oxygen atoms in total. The molecule has 2 aliphatic rings. The largest absolute Gasteiger partial charge is 0.374 e. The minimum Gasteiger partial charge on any atom is -0.374 e. The SMILES string of the molecule is CCOC1(C(N)C2CC(C)CC(C)C2)CCCC(C)C1. The molecule has 0 spiro atoms. The van der Waals surface area contributed by atoms with E-state index < -0.39 is 0 Å². The van der Waals surface area contributed by atoms with E-state index in [-0.39, 0.29) is 11.6 Å². The van der Waals surface area contributed by atoms with Crippen molar-refractivity contribution in [2.24, 2.45) is 29.4 Å². The molecule has 0 aliphatic heterocycles. The summed E-state index contributed by atoms with van der Waals surface area (Å²) in [5, 5.41) is 0. The summed E-state index contributed by atoms with van der Waals surface area (Å²) in [7, 11) is 0. The van der Waals surface area contributed by atoms with Gasteiger partial charge in [-0.05, 0) is 62.7 Å². The Kier molecular flexibility index (Phi) is 5.53. The van der Waals surface area contributed by atoms with Crippen molar-refractivity contribution in [2.75, 3.05) is 6.61 Å². The van der Waals surface area contributed by atoms with Gasteiger partial charge in [-0.1, -0.05) is 33.6 Å². The maximum atomic E-state index is 6.81. The molecule has 2 N–H and O–H groups in total. The molecule has 0 saturated heterocycles. The lowest BCUT2D eigenvalue weighted by Crippen LogP contribution is -2.57. The van der Waals surface area contributed by atoms with Crippen LogP contribution in [0.1, 0.15) is 72.6 Å². The predicted molar refractivity (Wildman–Crippen MR) is 85.6 cm³/mol. The summed E-state index contributed by atoms with van der Waals surface area (Å²) in [4.78, 5) is 0. The average molecular weight is 281 g/mol. The topological polar surface area (TPSA) is 35.2 Å². The van der Waals surface area contributed by atoms with Crippen molar-refractivity contribution in [2.45, 2.75) is 84.3 Å². The van der Waals surface area contributed by atoms with E-state index >= 15 is 0 Å². The Morgan fingerprint density at radius 2 is 1.75 bits per heavy atom. The molecule has 0 heterocycles. The quantitative estimate of drug-likeness (QED) is 0.830. The van der Waals surface area contributed by atoms with E-state index in [9.17, 15) is 0 Å². The summed E-state index contributed by atoms with van der Waals surface area (Å²) in [5.74, 6) is 3.08. The normalized spacial score (nSPS) is 44.2. The number of nitrogens with two attached hydrogens (primary N) is 1. The van der Waals surface area contributed by atoms with Gasteiger partial charge in [0.2, 0.25) is 0 Å². The molecule has 118 valence electrons. The fourth-order valence-corrected chi connectivity index (χ4v) is 5.09. The summed E-state index contributed by atoms with van der Waals surface area (Å²) in [5.41, 5.74) is 6.77. The first-order chi connectivity index (χ1) is 9.47. The van der Waals surface area contributed by atoms with Crippen molar-refractivity contribution in [3.8, 4) is 0 Å². The Morgan fingerprint density at radius 1 is 1.10 bits per heavy atom. The zero-order valence-corrected chi connectivity index (χ0v) is 14.0. The number of hydrogen-bond donors (Lipinski definition) is 1. The van der Waals surface area contributed by atoms with E-state index in [0.717, 1.165) is 24.4 Å². The van der Waals surface area contributed by atoms with Gasteiger partial charge in [0.25, 0.3) is 0 Å². The van der Waals surface area contributed by atoms with E-state index in [0.29, 0.717) is 5.92 Å². The summed E-state index contributed by atoms with van der Waals surface area (Å²) < 4.78 is 6.30. The van der Waals surface area contributed by atoms with Gasteiger partial charge in [-0.3, -0.25) is 0 Å². The van der Waals surface area contributed by atoms with Gasteiger partial charge in [-0.25, -0.2) is 0 Å². The third kappa shape index (κ3) is 3.57. The second-order valence-electron chi connectivity index (χ2n) is 7.90. The molecule has 0 amide bonds. The smallest absolute Gasteiger partial charge is 0.0837 e. The van der Waals surface area contributed by atoms with Crippen LogP contribution >= 0.6 is 0 Å². The Bertz CT molecular complexity index is 292. The highest BCUT2D eigenvalue weighted by molar-refractivity contribution is 5.00. The van der Waals surface area contributed by atoms with Gasteiger partial charge < -0.3 is 10.5 Å². The molecule has 0 aromatic rings. The Morgan fingerprint density at radius 3 is 2.30 bits per heavy atom. The van der Waals surface area contributed by atoms with Crippen molar-refractivity contribution < 1.29 is 4.74 Å². The van der Waals surface area contributed by atoms with Gasteiger partial charge >= 0.3 is 0 Å². The molecular formula is C18H35NO. The molecule has 0 radical (unpaired) electrons. The van der Waals surface area contributed by atoms with Crippen LogP contribution in [0, 0.1) is 23.7 Å². The summed E-state index contributed by atoms with van der Waals surface area (Å²) in [6.45, 7) is 10.1. The maximum absolute atomic E-state index is 6.81. The molecule has 0 aromatic carbocycles. The molecular weight excluding hydrogens is 246 g/mol. The number of ether oxygens (including phenoxy) is 1. The van der Waals surface area contributed by atoms with Crippen LogP contribution in [-0.4, -0.2) is 18.2 Å². The van der Waals surface area contributed by atoms with Crippen LogP contribution in [0.25, 0.3) is 0 Å². The standard InChI is InChI=1S/C18H35NO/c1-5-20-18(8-6-7-13(2)12-18)17(19)16-10-14(3)9-15(4)11-16/h13-17H,5-12,19H2,1-4H3. The molecule has 5 atom stereocenters. The molecule has 2 rings (SSSR count). The molecule has 20 heavy (non-hydrogen) atoms. The third-order valence-corrected chi connectivity index (χ3v) is 5.75. The van der Waals surface area contributed by atoms with Crippen LogP contribution < -0.4 is 5.73 Å². The van der Waals surface area contributed by atoms with E-state index in [2.05, 4.69) is 27.7 Å². The first-order valence-electron chi connectivity index (χ1n) is 8.86. The van der Waals surface area contributed by atoms with E-state index in [1.54, 1.807) is 0 Å². The first-order valence-corrected chi connectivity index (χ1v) is 8.86. The zero-order valence-electron chi connectivity index (χ0n) is 14.0. The van der Waals surface area contributed by atoms with Gasteiger partial charge in [0.05, 0.1) is 5.60 Å². The number of hydrogen-bond acceptors (Lipinski definition) is 2. The van der Waals surface area contributed by atoms with Crippen molar-refractivity contribution in [1.82, 2.24) is 0 Å². The lowest BCUT2D eigenvalue weighted by molar-refractivity contribution is -0.109. The van der Waals surface area contributed by atoms with Crippen LogP contribution in [0.4, 0.5) is 0 Å². The van der Waals surface area contributed by atoms with Crippen LogP contribution in [-0.2, 0) is 4.74 Å². The number of rotatable bonds is 4. The lowest BCUT2D eigenvalue weighted by atomic mass is 9.65. The van der Waals surface area contributed by atoms with Gasteiger partial charge in [0.1, 0.15) is 0 Å². The third-order valence-electron chi connectivity index (χ3n) is 5.75. The zero-order chi connectivity index (χ0) is 14.8. The molecule has 2 aliphatic carbocycles. The molecule has 2 saturated carbocycles. The Hall–Kier alpha value is -0.0800. The second kappa shape index (κ2) is 6.79. The minimum absolute atomic E-state index is 0.0339. The molecule has 2 fully saturated rings. The Labute approximate surface area is 125 Å². The van der Waals surface area contributed by atoms with Gasteiger partial charge in [0.15, 0.2) is 0 Å². The minimum atomic E-state index is -0.0339. The predicted octanol–water partition coefficient (Wildman–Crippen LogP) is 4.37. The average Bonchev–Trinajstić information content (AvgIpc) is 2.37. The van der Waals surface area contributed by atoms with Crippen molar-refractivity contribution in [3.05, 3.63) is 0 Å². The van der Waals surface area contributed by atoms with Crippen molar-refractivity contribution >= 4 is 0 Å². The first kappa shape index (κ1) is 16.3. The Balaban J connectivity index is 2.11. The van der Waals surface area contributed by atoms with Crippen LogP contribution in [0.2, 0.25) is 0 Å². The van der Waals surface area contributed by atoms with E-state index in [1.807, 2.05) is 0 Å². The highest BCUT2D eigenvalue weighted by Crippen LogP contribution is 2.43. The lowest BCUT2D eigenvalue weighted by Gasteiger charge is -2.48. The van der Waals surface area contributed by atoms with E-state index in [4.69, 9.17) is 10.5 Å². The van der Waals surface area contributed by atoms with Crippen molar-refractivity contribution in [1.29, 1.82) is 0 Å². The van der Waals surface area contributed by atoms with Crippen molar-refractivity contribution in [3.63, 3.8) is 0 Å². The van der Waals surface area contributed by atoms with Crippen LogP contribution in [0.15, 0.2) is 0 Å². The monoisotopic (exact) mass is 281 g/mol. The highest BCUT2D eigenvalue weighted by Gasteiger charge is 2.45. The van der Waals surface area contributed by atoms with Crippen LogP contribution in [0.5, 0.6) is 0 Å². The molecule has 5 unspecified atom stereocenters. The van der Waals surface area contributed by atoms with Gasteiger partial charge in [-0.15, -0.1) is 0 Å². The molecule has 2 heteroatoms. The summed E-state index contributed by atoms with van der Waals surface area (Å²) >= 11 is 0. The summed E-state index contributed by atoms with van der Waals surface area (Å²) in [6.07, 6.45) is 8.95. The highest BCUT2D eigenvalue weighted by atomic mass is 16.5. The molecule has 0 aromatic heterocycles. The fraction of sp³-hybridized carbons (Fsp3) is 1.00. The molecule has 0 bridgehead atoms. The van der Waals surface area contributed by atoms with Crippen LogP contribution in [0.3, 0.4) is 0 Å². The fourth-order valence-electron chi connectivity index (χ4n) is 5.09. The van der Waals surface area contributed by atoms with Gasteiger partial charge in [-0.2, -0.15) is 0 Å². The summed E-state index contributed by atoms with van der Waals surface area (Å²) in [6, 6.07) is 0.232. The van der Waals surface area contributed by atoms with E-state index in [1.165, 1.54) is 44.9 Å². The van der Waals surface area contributed by atoms with Gasteiger partial charge in [0, 0.05) is 12.6 Å². The maximum Gasteiger partial charge on any atom is 0.0837 e. The second-order valence-corrected chi connectivity index (χ2v) is 7.90.